The molecule has 0 spiro atoms. The number of ketones is 1. The number of thiophene rings is 1. The van der Waals surface area contributed by atoms with E-state index < -0.39 is 18.2 Å². The molecular formula is C29H37N3O5S. The van der Waals surface area contributed by atoms with Gasteiger partial charge in [0.2, 0.25) is 5.91 Å². The van der Waals surface area contributed by atoms with Crippen LogP contribution in [0.2, 0.25) is 0 Å². The maximum absolute atomic E-state index is 13.8. The average molecular weight is 540 g/mol. The molecule has 1 aromatic carbocycles. The number of carbonyl (C=O) groups is 4. The van der Waals surface area contributed by atoms with Crippen LogP contribution in [-0.4, -0.2) is 77.7 Å². The zero-order valence-electron chi connectivity index (χ0n) is 22.5. The molecule has 2 aliphatic rings. The van der Waals surface area contributed by atoms with Gasteiger partial charge in [-0.1, -0.05) is 57.5 Å². The number of hydrogen-bond donors (Lipinski definition) is 1. The van der Waals surface area contributed by atoms with Gasteiger partial charge < -0.3 is 19.9 Å². The summed E-state index contributed by atoms with van der Waals surface area (Å²) in [5.41, 5.74) is 1.03. The number of likely N-dealkylation sites (tertiary alicyclic amines) is 2. The van der Waals surface area contributed by atoms with E-state index in [4.69, 9.17) is 4.74 Å². The SMILES string of the molecule is CCCC(OC)C(=O)N1CC(=O)C2C1CCN2C(=O)C(CC(C)C)NC(=O)c1ccc(-c2ccccc2)s1. The Kier molecular flexibility index (Phi) is 8.99. The van der Waals surface area contributed by atoms with Crippen molar-refractivity contribution in [3.8, 4) is 10.4 Å². The summed E-state index contributed by atoms with van der Waals surface area (Å²) in [6.07, 6.45) is 1.77. The summed E-state index contributed by atoms with van der Waals surface area (Å²) in [6.45, 7) is 6.33. The standard InChI is InChI=1S/C29H37N3O5S/c1-5-9-23(37-4)29(36)32-17-22(33)26-21(32)14-15-31(26)28(35)20(16-18(2)3)30-27(34)25-13-12-24(38-25)19-10-7-6-8-11-19/h6-8,10-13,18,20-21,23,26H,5,9,14-17H2,1-4H3,(H,30,34). The summed E-state index contributed by atoms with van der Waals surface area (Å²) in [7, 11) is 1.51. The summed E-state index contributed by atoms with van der Waals surface area (Å²) in [6, 6.07) is 11.7. The summed E-state index contributed by atoms with van der Waals surface area (Å²) in [5, 5.41) is 2.95. The number of Topliss-reactive ketones (excluding diaryl/α,β-unsaturated/α-hetero) is 1. The Bertz CT molecular complexity index is 1160. The molecule has 2 saturated heterocycles. The van der Waals surface area contributed by atoms with E-state index in [9.17, 15) is 19.2 Å². The normalized spacial score (nSPS) is 20.5. The molecule has 0 aliphatic carbocycles. The summed E-state index contributed by atoms with van der Waals surface area (Å²) in [5.74, 6) is -0.744. The van der Waals surface area contributed by atoms with Crippen LogP contribution in [0.4, 0.5) is 0 Å². The van der Waals surface area contributed by atoms with Gasteiger partial charge in [-0.15, -0.1) is 11.3 Å². The predicted molar refractivity (Wildman–Crippen MR) is 147 cm³/mol. The van der Waals surface area contributed by atoms with E-state index in [-0.39, 0.29) is 42.0 Å². The number of benzene rings is 1. The molecule has 2 fully saturated rings. The molecule has 8 nitrogen and oxygen atoms in total. The second-order valence-corrected chi connectivity index (χ2v) is 11.5. The Morgan fingerprint density at radius 1 is 1.08 bits per heavy atom. The van der Waals surface area contributed by atoms with E-state index in [0.29, 0.717) is 30.7 Å². The minimum absolute atomic E-state index is 0.0137. The molecule has 1 N–H and O–H groups in total. The fourth-order valence-electron chi connectivity index (χ4n) is 5.49. The van der Waals surface area contributed by atoms with E-state index in [1.165, 1.54) is 18.4 Å². The van der Waals surface area contributed by atoms with Crippen LogP contribution in [0.15, 0.2) is 42.5 Å². The maximum atomic E-state index is 13.8. The van der Waals surface area contributed by atoms with E-state index >= 15 is 0 Å². The van der Waals surface area contributed by atoms with Crippen LogP contribution in [0.3, 0.4) is 0 Å². The van der Waals surface area contributed by atoms with Crippen molar-refractivity contribution in [1.82, 2.24) is 15.1 Å². The number of carbonyl (C=O) groups excluding carboxylic acids is 4. The molecule has 204 valence electrons. The highest BCUT2D eigenvalue weighted by Crippen LogP contribution is 2.32. The van der Waals surface area contributed by atoms with Crippen LogP contribution in [0, 0.1) is 5.92 Å². The van der Waals surface area contributed by atoms with Gasteiger partial charge in [0.15, 0.2) is 5.78 Å². The molecule has 0 radical (unpaired) electrons. The van der Waals surface area contributed by atoms with Gasteiger partial charge in [-0.25, -0.2) is 0 Å². The molecule has 9 heteroatoms. The number of methoxy groups -OCH3 is 1. The molecule has 1 aromatic heterocycles. The number of fused-ring (bicyclic) bond motifs is 1. The molecule has 4 rings (SSSR count). The number of hydrogen-bond acceptors (Lipinski definition) is 6. The van der Waals surface area contributed by atoms with Crippen molar-refractivity contribution in [3.63, 3.8) is 0 Å². The van der Waals surface area contributed by atoms with Crippen LogP contribution in [0.1, 0.15) is 56.1 Å². The molecular weight excluding hydrogens is 502 g/mol. The van der Waals surface area contributed by atoms with Gasteiger partial charge in [-0.2, -0.15) is 0 Å². The van der Waals surface area contributed by atoms with Gasteiger partial charge in [-0.05, 0) is 42.9 Å². The topological polar surface area (TPSA) is 96.0 Å². The zero-order chi connectivity index (χ0) is 27.4. The number of ether oxygens (including phenoxy) is 1. The van der Waals surface area contributed by atoms with Crippen molar-refractivity contribution in [2.75, 3.05) is 20.2 Å². The van der Waals surface area contributed by atoms with Gasteiger partial charge in [0.25, 0.3) is 11.8 Å². The molecule has 4 unspecified atom stereocenters. The molecule has 0 bridgehead atoms. The average Bonchev–Trinajstić information content (AvgIpc) is 3.64. The first-order chi connectivity index (χ1) is 18.2. The van der Waals surface area contributed by atoms with Gasteiger partial charge in [0.1, 0.15) is 18.2 Å². The van der Waals surface area contributed by atoms with Crippen LogP contribution in [0.5, 0.6) is 0 Å². The highest BCUT2D eigenvalue weighted by molar-refractivity contribution is 7.17. The lowest BCUT2D eigenvalue weighted by molar-refractivity contribution is -0.144. The van der Waals surface area contributed by atoms with Crippen molar-refractivity contribution in [1.29, 1.82) is 0 Å². The lowest BCUT2D eigenvalue weighted by atomic mass is 10.0. The van der Waals surface area contributed by atoms with Crippen molar-refractivity contribution in [2.45, 2.75) is 70.7 Å². The Morgan fingerprint density at radius 2 is 1.82 bits per heavy atom. The maximum Gasteiger partial charge on any atom is 0.262 e. The third-order valence-electron chi connectivity index (χ3n) is 7.30. The Hall–Kier alpha value is -3.04. The quantitative estimate of drug-likeness (QED) is 0.496. The van der Waals surface area contributed by atoms with Crippen LogP contribution in [0.25, 0.3) is 10.4 Å². The lowest BCUT2D eigenvalue weighted by Gasteiger charge is -2.29. The van der Waals surface area contributed by atoms with Crippen molar-refractivity contribution >= 4 is 34.8 Å². The Labute approximate surface area is 228 Å². The van der Waals surface area contributed by atoms with Gasteiger partial charge in [0, 0.05) is 18.5 Å². The number of nitrogens with one attached hydrogen (secondary N) is 1. The molecule has 38 heavy (non-hydrogen) atoms. The number of amides is 3. The first-order valence-electron chi connectivity index (χ1n) is 13.4. The summed E-state index contributed by atoms with van der Waals surface area (Å²) in [4.78, 5) is 57.8. The molecule has 3 heterocycles. The van der Waals surface area contributed by atoms with Crippen LogP contribution < -0.4 is 5.32 Å². The second kappa shape index (κ2) is 12.2. The second-order valence-electron chi connectivity index (χ2n) is 10.5. The van der Waals surface area contributed by atoms with Crippen molar-refractivity contribution in [3.05, 3.63) is 47.3 Å². The van der Waals surface area contributed by atoms with Gasteiger partial charge in [-0.3, -0.25) is 19.2 Å². The molecule has 0 saturated carbocycles. The molecule has 3 amide bonds. The fourth-order valence-corrected chi connectivity index (χ4v) is 6.40. The van der Waals surface area contributed by atoms with E-state index in [2.05, 4.69) is 5.32 Å². The minimum Gasteiger partial charge on any atom is -0.372 e. The predicted octanol–water partition coefficient (Wildman–Crippen LogP) is 3.76. The van der Waals surface area contributed by atoms with E-state index in [0.717, 1.165) is 16.9 Å². The van der Waals surface area contributed by atoms with Crippen LogP contribution in [-0.2, 0) is 19.1 Å². The monoisotopic (exact) mass is 539 g/mol. The van der Waals surface area contributed by atoms with E-state index in [1.54, 1.807) is 15.9 Å². The first-order valence-corrected chi connectivity index (χ1v) is 14.2. The Morgan fingerprint density at radius 3 is 2.47 bits per heavy atom. The third-order valence-corrected chi connectivity index (χ3v) is 8.43. The van der Waals surface area contributed by atoms with E-state index in [1.807, 2.05) is 57.2 Å². The fraction of sp³-hybridized carbons (Fsp3) is 0.517. The largest absolute Gasteiger partial charge is 0.372 e. The molecule has 2 aliphatic heterocycles. The van der Waals surface area contributed by atoms with Crippen molar-refractivity contribution < 1.29 is 23.9 Å². The molecule has 2 aromatic rings. The number of rotatable bonds is 10. The Balaban J connectivity index is 1.48. The van der Waals surface area contributed by atoms with Crippen LogP contribution >= 0.6 is 11.3 Å². The van der Waals surface area contributed by atoms with Gasteiger partial charge >= 0.3 is 0 Å². The molecule has 4 atom stereocenters. The number of nitrogens with zero attached hydrogens (tertiary/aromatic N) is 2. The smallest absolute Gasteiger partial charge is 0.262 e. The highest BCUT2D eigenvalue weighted by atomic mass is 32.1. The summed E-state index contributed by atoms with van der Waals surface area (Å²) < 4.78 is 5.39. The highest BCUT2D eigenvalue weighted by Gasteiger charge is 2.53. The lowest BCUT2D eigenvalue weighted by Crippen LogP contribution is -2.53. The third kappa shape index (κ3) is 5.83. The first kappa shape index (κ1) is 28.0. The summed E-state index contributed by atoms with van der Waals surface area (Å²) >= 11 is 1.38. The van der Waals surface area contributed by atoms with Crippen molar-refractivity contribution in [2.24, 2.45) is 5.92 Å². The zero-order valence-corrected chi connectivity index (χ0v) is 23.3. The minimum atomic E-state index is -0.757. The van der Waals surface area contributed by atoms with Gasteiger partial charge in [0.05, 0.1) is 17.5 Å².